The number of halogens is 1. The van der Waals surface area contributed by atoms with E-state index in [1.54, 1.807) is 31.3 Å². The first kappa shape index (κ1) is 15.9. The molecule has 3 rings (SSSR count). The highest BCUT2D eigenvalue weighted by atomic mass is 19.1. The van der Waals surface area contributed by atoms with Crippen molar-refractivity contribution < 1.29 is 9.18 Å². The van der Waals surface area contributed by atoms with Crippen LogP contribution in [0.3, 0.4) is 0 Å². The van der Waals surface area contributed by atoms with Crippen LogP contribution in [0.5, 0.6) is 0 Å². The molecule has 5 nitrogen and oxygen atoms in total. The Balaban J connectivity index is 1.86. The van der Waals surface area contributed by atoms with Gasteiger partial charge >= 0.3 is 0 Å². The molecule has 2 aromatic carbocycles. The predicted molar refractivity (Wildman–Crippen MR) is 91.4 cm³/mol. The molecule has 0 fully saturated rings. The Morgan fingerprint density at radius 3 is 2.62 bits per heavy atom. The third-order valence-corrected chi connectivity index (χ3v) is 3.82. The van der Waals surface area contributed by atoms with Gasteiger partial charge in [0.25, 0.3) is 5.91 Å². The van der Waals surface area contributed by atoms with Gasteiger partial charge in [-0.2, -0.15) is 0 Å². The second-order valence-corrected chi connectivity index (χ2v) is 5.47. The van der Waals surface area contributed by atoms with Gasteiger partial charge in [0.05, 0.1) is 0 Å². The largest absolute Gasteiger partial charge is 0.355 e. The first-order chi connectivity index (χ1) is 11.6. The Kier molecular flexibility index (Phi) is 4.37. The fourth-order valence-electron chi connectivity index (χ4n) is 2.60. The van der Waals surface area contributed by atoms with Gasteiger partial charge in [0, 0.05) is 31.6 Å². The summed E-state index contributed by atoms with van der Waals surface area (Å²) in [7, 11) is 3.49. The zero-order chi connectivity index (χ0) is 17.1. The van der Waals surface area contributed by atoms with Crippen LogP contribution >= 0.6 is 0 Å². The third kappa shape index (κ3) is 3.03. The normalized spacial score (nSPS) is 10.6. The molecule has 1 aromatic heterocycles. The molecule has 1 amide bonds. The lowest BCUT2D eigenvalue weighted by Gasteiger charge is -2.20. The van der Waals surface area contributed by atoms with Crippen molar-refractivity contribution in [2.45, 2.75) is 6.54 Å². The summed E-state index contributed by atoms with van der Waals surface area (Å²) in [5.74, 6) is 0.182. The van der Waals surface area contributed by atoms with E-state index in [9.17, 15) is 9.18 Å². The van der Waals surface area contributed by atoms with Crippen LogP contribution in [-0.2, 0) is 6.54 Å². The molecular weight excluding hydrogens is 307 g/mol. The van der Waals surface area contributed by atoms with Gasteiger partial charge in [0.15, 0.2) is 0 Å². The lowest BCUT2D eigenvalue weighted by molar-refractivity contribution is 0.0963. The highest BCUT2D eigenvalue weighted by Crippen LogP contribution is 2.24. The third-order valence-electron chi connectivity index (χ3n) is 3.82. The SMILES string of the molecule is CNC(=O)c1ccc(CN(C)c2ncnc3c(F)cccc23)cc1. The molecule has 6 heteroatoms. The molecule has 0 unspecified atom stereocenters. The molecule has 0 bridgehead atoms. The molecule has 3 aromatic rings. The minimum Gasteiger partial charge on any atom is -0.355 e. The smallest absolute Gasteiger partial charge is 0.251 e. The van der Waals surface area contributed by atoms with Gasteiger partial charge in [-0.1, -0.05) is 18.2 Å². The number of aromatic nitrogens is 2. The molecule has 122 valence electrons. The van der Waals surface area contributed by atoms with E-state index in [-0.39, 0.29) is 11.7 Å². The number of nitrogens with one attached hydrogen (secondary N) is 1. The Morgan fingerprint density at radius 1 is 1.17 bits per heavy atom. The molecule has 24 heavy (non-hydrogen) atoms. The molecule has 0 aliphatic heterocycles. The molecule has 0 atom stereocenters. The molecule has 0 radical (unpaired) electrons. The molecular formula is C18H17FN4O. The van der Waals surface area contributed by atoms with E-state index in [1.165, 1.54) is 12.4 Å². The quantitative estimate of drug-likeness (QED) is 0.802. The standard InChI is InChI=1S/C18H17FN4O/c1-20-18(24)13-8-6-12(7-9-13)10-23(2)17-14-4-3-5-15(19)16(14)21-11-22-17/h3-9,11H,10H2,1-2H3,(H,20,24). The van der Waals surface area contributed by atoms with E-state index in [2.05, 4.69) is 15.3 Å². The van der Waals surface area contributed by atoms with Crippen LogP contribution in [0.15, 0.2) is 48.8 Å². The number of amides is 1. The van der Waals surface area contributed by atoms with E-state index < -0.39 is 0 Å². The van der Waals surface area contributed by atoms with Gasteiger partial charge in [-0.25, -0.2) is 14.4 Å². The van der Waals surface area contributed by atoms with Gasteiger partial charge < -0.3 is 10.2 Å². The summed E-state index contributed by atoms with van der Waals surface area (Å²) in [6.45, 7) is 0.580. The number of rotatable bonds is 4. The molecule has 0 saturated heterocycles. The number of hydrogen-bond acceptors (Lipinski definition) is 4. The summed E-state index contributed by atoms with van der Waals surface area (Å²) < 4.78 is 13.9. The number of para-hydroxylation sites is 1. The maximum atomic E-state index is 13.9. The molecule has 0 spiro atoms. The second kappa shape index (κ2) is 6.62. The van der Waals surface area contributed by atoms with E-state index in [1.807, 2.05) is 24.1 Å². The molecule has 0 aliphatic rings. The Morgan fingerprint density at radius 2 is 1.92 bits per heavy atom. The van der Waals surface area contributed by atoms with Crippen molar-refractivity contribution in [2.24, 2.45) is 0 Å². The molecule has 0 saturated carbocycles. The van der Waals surface area contributed by atoms with Gasteiger partial charge in [0.2, 0.25) is 0 Å². The van der Waals surface area contributed by atoms with Gasteiger partial charge in [-0.05, 0) is 29.8 Å². The number of anilines is 1. The number of carbonyl (C=O) groups is 1. The lowest BCUT2D eigenvalue weighted by Crippen LogP contribution is -2.19. The Bertz CT molecular complexity index is 880. The number of carbonyl (C=O) groups excluding carboxylic acids is 1. The zero-order valence-corrected chi connectivity index (χ0v) is 13.5. The van der Waals surface area contributed by atoms with Crippen LogP contribution in [-0.4, -0.2) is 30.0 Å². The number of nitrogens with zero attached hydrogens (tertiary/aromatic N) is 3. The number of fused-ring (bicyclic) bond motifs is 1. The van der Waals surface area contributed by atoms with Crippen LogP contribution in [0, 0.1) is 5.82 Å². The van der Waals surface area contributed by atoms with Gasteiger partial charge in [-0.15, -0.1) is 0 Å². The first-order valence-electron chi connectivity index (χ1n) is 7.51. The van der Waals surface area contributed by atoms with Gasteiger partial charge in [0.1, 0.15) is 23.5 Å². The summed E-state index contributed by atoms with van der Waals surface area (Å²) in [6.07, 6.45) is 1.37. The fourth-order valence-corrected chi connectivity index (χ4v) is 2.60. The lowest BCUT2D eigenvalue weighted by atomic mass is 10.1. The van der Waals surface area contributed by atoms with Crippen LogP contribution in [0.2, 0.25) is 0 Å². The van der Waals surface area contributed by atoms with Crippen molar-refractivity contribution >= 4 is 22.6 Å². The van der Waals surface area contributed by atoms with Crippen molar-refractivity contribution in [3.8, 4) is 0 Å². The van der Waals surface area contributed by atoms with Crippen LogP contribution in [0.4, 0.5) is 10.2 Å². The molecule has 0 aliphatic carbocycles. The minimum atomic E-state index is -0.362. The van der Waals surface area contributed by atoms with E-state index in [4.69, 9.17) is 0 Å². The monoisotopic (exact) mass is 324 g/mol. The fraction of sp³-hybridized carbons (Fsp3) is 0.167. The average Bonchev–Trinajstić information content (AvgIpc) is 2.61. The van der Waals surface area contributed by atoms with Crippen molar-refractivity contribution in [1.29, 1.82) is 0 Å². The van der Waals surface area contributed by atoms with Crippen molar-refractivity contribution in [1.82, 2.24) is 15.3 Å². The summed E-state index contributed by atoms with van der Waals surface area (Å²) >= 11 is 0. The average molecular weight is 324 g/mol. The number of hydrogen-bond donors (Lipinski definition) is 1. The second-order valence-electron chi connectivity index (χ2n) is 5.47. The van der Waals surface area contributed by atoms with Crippen molar-refractivity contribution in [2.75, 3.05) is 19.0 Å². The highest BCUT2D eigenvalue weighted by Gasteiger charge is 2.12. The number of benzene rings is 2. The Hall–Kier alpha value is -3.02. The summed E-state index contributed by atoms with van der Waals surface area (Å²) in [6, 6.07) is 12.2. The highest BCUT2D eigenvalue weighted by molar-refractivity contribution is 5.94. The topological polar surface area (TPSA) is 58.1 Å². The van der Waals surface area contributed by atoms with E-state index in [0.717, 1.165) is 5.56 Å². The summed E-state index contributed by atoms with van der Waals surface area (Å²) in [5.41, 5.74) is 1.94. The van der Waals surface area contributed by atoms with Crippen LogP contribution in [0.1, 0.15) is 15.9 Å². The van der Waals surface area contributed by atoms with Crippen LogP contribution in [0.25, 0.3) is 10.9 Å². The maximum Gasteiger partial charge on any atom is 0.251 e. The van der Waals surface area contributed by atoms with Crippen molar-refractivity contribution in [3.63, 3.8) is 0 Å². The molecule has 1 heterocycles. The Labute approximate surface area is 139 Å². The van der Waals surface area contributed by atoms with E-state index >= 15 is 0 Å². The predicted octanol–water partition coefficient (Wildman–Crippen LogP) is 2.76. The zero-order valence-electron chi connectivity index (χ0n) is 13.5. The molecule has 1 N–H and O–H groups in total. The van der Waals surface area contributed by atoms with E-state index in [0.29, 0.717) is 28.8 Å². The maximum absolute atomic E-state index is 13.9. The summed E-state index contributed by atoms with van der Waals surface area (Å²) in [5, 5.41) is 3.26. The summed E-state index contributed by atoms with van der Waals surface area (Å²) in [4.78, 5) is 21.8. The first-order valence-corrected chi connectivity index (χ1v) is 7.51. The van der Waals surface area contributed by atoms with Crippen molar-refractivity contribution in [3.05, 3.63) is 65.7 Å². The van der Waals surface area contributed by atoms with Crippen LogP contribution < -0.4 is 10.2 Å². The minimum absolute atomic E-state index is 0.118. The van der Waals surface area contributed by atoms with Gasteiger partial charge in [-0.3, -0.25) is 4.79 Å².